The fourth-order valence-corrected chi connectivity index (χ4v) is 2.37. The molecule has 0 aliphatic heterocycles. The van der Waals surface area contributed by atoms with E-state index in [0.29, 0.717) is 0 Å². The molecule has 0 N–H and O–H groups in total. The molecule has 1 aliphatic carbocycles. The fourth-order valence-electron chi connectivity index (χ4n) is 2.37. The molecule has 0 radical (unpaired) electrons. The van der Waals surface area contributed by atoms with E-state index in [2.05, 4.69) is 56.3 Å². The molecule has 0 saturated carbocycles. The van der Waals surface area contributed by atoms with Crippen molar-refractivity contribution in [3.63, 3.8) is 0 Å². The lowest BCUT2D eigenvalue weighted by Crippen LogP contribution is -2.18. The van der Waals surface area contributed by atoms with Gasteiger partial charge in [-0.1, -0.05) is 56.3 Å². The molecule has 2 unspecified atom stereocenters. The first-order chi connectivity index (χ1) is 7.21. The molecular weight excluding hydrogens is 180 g/mol. The van der Waals surface area contributed by atoms with Crippen molar-refractivity contribution in [2.45, 2.75) is 38.5 Å². The van der Waals surface area contributed by atoms with Gasteiger partial charge in [0, 0.05) is 5.41 Å². The standard InChI is InChI=1S/C15H20/c1-13-7-6-11-15(2,12-10-13)14-8-4-3-5-9-14/h3-6,8-9,11,13H,7,10,12H2,1-2H3. The molecule has 0 amide bonds. The summed E-state index contributed by atoms with van der Waals surface area (Å²) in [6, 6.07) is 10.9. The summed E-state index contributed by atoms with van der Waals surface area (Å²) in [5, 5.41) is 0. The zero-order valence-electron chi connectivity index (χ0n) is 9.74. The molecule has 0 heteroatoms. The fraction of sp³-hybridized carbons (Fsp3) is 0.467. The van der Waals surface area contributed by atoms with Crippen molar-refractivity contribution in [1.82, 2.24) is 0 Å². The van der Waals surface area contributed by atoms with Crippen molar-refractivity contribution in [3.8, 4) is 0 Å². The lowest BCUT2D eigenvalue weighted by molar-refractivity contribution is 0.452. The first-order valence-electron chi connectivity index (χ1n) is 5.94. The van der Waals surface area contributed by atoms with Crippen LogP contribution in [0.4, 0.5) is 0 Å². The molecule has 0 fully saturated rings. The van der Waals surface area contributed by atoms with Gasteiger partial charge >= 0.3 is 0 Å². The molecule has 0 saturated heterocycles. The second-order valence-electron chi connectivity index (χ2n) is 5.07. The maximum absolute atomic E-state index is 2.41. The summed E-state index contributed by atoms with van der Waals surface area (Å²) in [6.07, 6.45) is 8.62. The largest absolute Gasteiger partial charge is 0.0874 e. The molecule has 0 heterocycles. The van der Waals surface area contributed by atoms with E-state index in [1.54, 1.807) is 0 Å². The lowest BCUT2D eigenvalue weighted by Gasteiger charge is -2.26. The zero-order valence-corrected chi connectivity index (χ0v) is 9.74. The number of allylic oxidation sites excluding steroid dienone is 2. The number of hydrogen-bond donors (Lipinski definition) is 0. The highest BCUT2D eigenvalue weighted by molar-refractivity contribution is 5.30. The monoisotopic (exact) mass is 200 g/mol. The van der Waals surface area contributed by atoms with Crippen LogP contribution in [0.25, 0.3) is 0 Å². The molecule has 80 valence electrons. The molecule has 15 heavy (non-hydrogen) atoms. The quantitative estimate of drug-likeness (QED) is 0.592. The van der Waals surface area contributed by atoms with Crippen LogP contribution in [0.5, 0.6) is 0 Å². The van der Waals surface area contributed by atoms with E-state index in [1.807, 2.05) is 0 Å². The second kappa shape index (κ2) is 4.22. The van der Waals surface area contributed by atoms with E-state index in [4.69, 9.17) is 0 Å². The first kappa shape index (κ1) is 10.5. The molecular formula is C15H20. The Morgan fingerprint density at radius 3 is 2.67 bits per heavy atom. The van der Waals surface area contributed by atoms with Gasteiger partial charge in [0.2, 0.25) is 0 Å². The minimum atomic E-state index is 0.256. The Kier molecular flexibility index (Phi) is 2.95. The van der Waals surface area contributed by atoms with Crippen LogP contribution < -0.4 is 0 Å². The Labute approximate surface area is 93.0 Å². The summed E-state index contributed by atoms with van der Waals surface area (Å²) in [5.74, 6) is 0.840. The maximum atomic E-state index is 2.41. The highest BCUT2D eigenvalue weighted by Crippen LogP contribution is 2.35. The highest BCUT2D eigenvalue weighted by atomic mass is 14.3. The molecule has 0 nitrogen and oxygen atoms in total. The smallest absolute Gasteiger partial charge is 0.0104 e. The van der Waals surface area contributed by atoms with Crippen molar-refractivity contribution in [1.29, 1.82) is 0 Å². The second-order valence-corrected chi connectivity index (χ2v) is 5.07. The zero-order chi connectivity index (χ0) is 10.7. The van der Waals surface area contributed by atoms with E-state index in [1.165, 1.54) is 24.8 Å². The van der Waals surface area contributed by atoms with E-state index in [0.717, 1.165) is 5.92 Å². The van der Waals surface area contributed by atoms with E-state index < -0.39 is 0 Å². The summed E-state index contributed by atoms with van der Waals surface area (Å²) in [5.41, 5.74) is 1.71. The molecule has 1 aromatic rings. The summed E-state index contributed by atoms with van der Waals surface area (Å²) < 4.78 is 0. The minimum absolute atomic E-state index is 0.256. The predicted octanol–water partition coefficient (Wildman–Crippen LogP) is 4.32. The molecule has 2 atom stereocenters. The number of benzene rings is 1. The van der Waals surface area contributed by atoms with Crippen molar-refractivity contribution in [2.75, 3.05) is 0 Å². The Hall–Kier alpha value is -1.04. The third kappa shape index (κ3) is 2.31. The van der Waals surface area contributed by atoms with E-state index >= 15 is 0 Å². The van der Waals surface area contributed by atoms with Crippen LogP contribution >= 0.6 is 0 Å². The number of hydrogen-bond acceptors (Lipinski definition) is 0. The van der Waals surface area contributed by atoms with E-state index in [9.17, 15) is 0 Å². The topological polar surface area (TPSA) is 0 Å². The van der Waals surface area contributed by atoms with Gasteiger partial charge in [-0.2, -0.15) is 0 Å². The summed E-state index contributed by atoms with van der Waals surface area (Å²) in [6.45, 7) is 4.71. The summed E-state index contributed by atoms with van der Waals surface area (Å²) in [7, 11) is 0. The van der Waals surface area contributed by atoms with Crippen molar-refractivity contribution in [3.05, 3.63) is 48.0 Å². The van der Waals surface area contributed by atoms with Crippen LogP contribution in [-0.4, -0.2) is 0 Å². The molecule has 1 aliphatic rings. The van der Waals surface area contributed by atoms with Gasteiger partial charge in [0.1, 0.15) is 0 Å². The van der Waals surface area contributed by atoms with Crippen LogP contribution in [0.2, 0.25) is 0 Å². The van der Waals surface area contributed by atoms with Crippen LogP contribution in [0.15, 0.2) is 42.5 Å². The average Bonchev–Trinajstić information content (AvgIpc) is 2.44. The molecule has 0 bridgehead atoms. The van der Waals surface area contributed by atoms with Crippen LogP contribution in [-0.2, 0) is 5.41 Å². The van der Waals surface area contributed by atoms with Crippen molar-refractivity contribution in [2.24, 2.45) is 5.92 Å². The van der Waals surface area contributed by atoms with Gasteiger partial charge in [0.05, 0.1) is 0 Å². The molecule has 2 rings (SSSR count). The summed E-state index contributed by atoms with van der Waals surface area (Å²) >= 11 is 0. The Morgan fingerprint density at radius 1 is 1.20 bits per heavy atom. The van der Waals surface area contributed by atoms with E-state index in [-0.39, 0.29) is 5.41 Å². The van der Waals surface area contributed by atoms with Gasteiger partial charge in [0.15, 0.2) is 0 Å². The van der Waals surface area contributed by atoms with Gasteiger partial charge in [-0.25, -0.2) is 0 Å². The van der Waals surface area contributed by atoms with Crippen molar-refractivity contribution >= 4 is 0 Å². The van der Waals surface area contributed by atoms with Gasteiger partial charge in [-0.05, 0) is 30.7 Å². The van der Waals surface area contributed by atoms with Crippen LogP contribution in [0, 0.1) is 5.92 Å². The SMILES string of the molecule is CC1CC=CC(C)(c2ccccc2)CC1. The molecule has 1 aromatic carbocycles. The third-order valence-electron chi connectivity index (χ3n) is 3.61. The molecule has 0 aromatic heterocycles. The minimum Gasteiger partial charge on any atom is -0.0874 e. The Bertz CT molecular complexity index is 336. The predicted molar refractivity (Wildman–Crippen MR) is 65.9 cm³/mol. The normalized spacial score (nSPS) is 31.2. The first-order valence-corrected chi connectivity index (χ1v) is 5.94. The lowest BCUT2D eigenvalue weighted by atomic mass is 9.78. The van der Waals surface area contributed by atoms with Crippen molar-refractivity contribution < 1.29 is 0 Å². The van der Waals surface area contributed by atoms with Crippen LogP contribution in [0.3, 0.4) is 0 Å². The van der Waals surface area contributed by atoms with Gasteiger partial charge < -0.3 is 0 Å². The molecule has 0 spiro atoms. The summed E-state index contributed by atoms with van der Waals surface area (Å²) in [4.78, 5) is 0. The third-order valence-corrected chi connectivity index (χ3v) is 3.61. The van der Waals surface area contributed by atoms with Gasteiger partial charge in [0.25, 0.3) is 0 Å². The Balaban J connectivity index is 2.26. The maximum Gasteiger partial charge on any atom is 0.0104 e. The van der Waals surface area contributed by atoms with Crippen LogP contribution in [0.1, 0.15) is 38.7 Å². The van der Waals surface area contributed by atoms with Gasteiger partial charge in [-0.15, -0.1) is 0 Å². The average molecular weight is 200 g/mol. The highest BCUT2D eigenvalue weighted by Gasteiger charge is 2.25. The Morgan fingerprint density at radius 2 is 1.93 bits per heavy atom. The van der Waals surface area contributed by atoms with Gasteiger partial charge in [-0.3, -0.25) is 0 Å². The number of rotatable bonds is 1.